The monoisotopic (exact) mass is 378 g/mol. The number of carbonyl (C=O) groups excluding carboxylic acids is 3. The van der Waals surface area contributed by atoms with E-state index in [2.05, 4.69) is 4.74 Å². The van der Waals surface area contributed by atoms with Crippen molar-refractivity contribution in [3.8, 4) is 0 Å². The molecule has 0 unspecified atom stereocenters. The molecule has 8 heteroatoms. The molecule has 2 heterocycles. The third kappa shape index (κ3) is 3.46. The van der Waals surface area contributed by atoms with Gasteiger partial charge in [-0.2, -0.15) is 0 Å². The van der Waals surface area contributed by atoms with E-state index >= 15 is 0 Å². The fourth-order valence-electron chi connectivity index (χ4n) is 3.07. The summed E-state index contributed by atoms with van der Waals surface area (Å²) >= 11 is 0.726. The van der Waals surface area contributed by atoms with E-state index in [-0.39, 0.29) is 10.7 Å². The number of anilines is 1. The van der Waals surface area contributed by atoms with Gasteiger partial charge in [-0.25, -0.2) is 9.18 Å². The maximum atomic E-state index is 14.4. The lowest BCUT2D eigenvalue weighted by Gasteiger charge is -2.19. The first-order chi connectivity index (χ1) is 12.4. The van der Waals surface area contributed by atoms with E-state index in [0.29, 0.717) is 11.3 Å². The number of rotatable bonds is 4. The molecule has 2 amide bonds. The van der Waals surface area contributed by atoms with Gasteiger partial charge in [0.25, 0.3) is 11.1 Å². The van der Waals surface area contributed by atoms with Crippen LogP contribution < -0.4 is 4.90 Å². The molecule has 2 fully saturated rings. The summed E-state index contributed by atoms with van der Waals surface area (Å²) in [6, 6.07) is 3.75. The number of methoxy groups -OCH3 is 1. The Labute approximate surface area is 155 Å². The first-order valence-corrected chi connectivity index (χ1v) is 9.13. The molecular formula is C18H19FN2O4S. The van der Waals surface area contributed by atoms with E-state index in [0.717, 1.165) is 42.6 Å². The molecule has 3 rings (SSSR count). The maximum Gasteiger partial charge on any atom is 0.328 e. The zero-order chi connectivity index (χ0) is 18.8. The predicted octanol–water partition coefficient (Wildman–Crippen LogP) is 3.02. The second-order valence-corrected chi connectivity index (χ2v) is 7.15. The molecule has 138 valence electrons. The van der Waals surface area contributed by atoms with Crippen molar-refractivity contribution in [2.45, 2.75) is 25.8 Å². The number of esters is 1. The van der Waals surface area contributed by atoms with Gasteiger partial charge in [0.2, 0.25) is 0 Å². The molecule has 0 N–H and O–H groups in total. The number of benzene rings is 1. The standard InChI is InChI=1S/C18H19FN2O4S/c1-11(17(23)25-2)21-16(22)15(26-18(21)24)10-12-5-6-14(13(19)9-12)20-7-3-4-8-20/h5-6,9-11H,3-4,7-8H2,1-2H3/b15-10+/t11-/m0/s1. The zero-order valence-corrected chi connectivity index (χ0v) is 15.3. The van der Waals surface area contributed by atoms with Crippen LogP contribution in [0.5, 0.6) is 0 Å². The van der Waals surface area contributed by atoms with Crippen molar-refractivity contribution in [1.29, 1.82) is 0 Å². The van der Waals surface area contributed by atoms with Crippen molar-refractivity contribution in [2.75, 3.05) is 25.1 Å². The Morgan fingerprint density at radius 1 is 1.31 bits per heavy atom. The molecular weight excluding hydrogens is 359 g/mol. The van der Waals surface area contributed by atoms with Crippen molar-refractivity contribution < 1.29 is 23.5 Å². The van der Waals surface area contributed by atoms with E-state index < -0.39 is 23.2 Å². The SMILES string of the molecule is COC(=O)[C@H](C)N1C(=O)S/C(=C/c2ccc(N3CCCC3)c(F)c2)C1=O. The van der Waals surface area contributed by atoms with Crippen LogP contribution in [0.25, 0.3) is 6.08 Å². The molecule has 6 nitrogen and oxygen atoms in total. The van der Waals surface area contributed by atoms with Crippen LogP contribution in [-0.2, 0) is 14.3 Å². The van der Waals surface area contributed by atoms with Gasteiger partial charge < -0.3 is 9.64 Å². The second kappa shape index (κ2) is 7.49. The molecule has 2 aliphatic heterocycles. The Hall–Kier alpha value is -2.35. The lowest BCUT2D eigenvalue weighted by molar-refractivity contribution is -0.148. The Kier molecular flexibility index (Phi) is 5.31. The van der Waals surface area contributed by atoms with Gasteiger partial charge in [0.15, 0.2) is 0 Å². The molecule has 0 aromatic heterocycles. The molecule has 1 aromatic rings. The van der Waals surface area contributed by atoms with Crippen molar-refractivity contribution in [3.63, 3.8) is 0 Å². The molecule has 1 atom stereocenters. The van der Waals surface area contributed by atoms with Gasteiger partial charge >= 0.3 is 5.97 Å². The topological polar surface area (TPSA) is 66.9 Å². The molecule has 26 heavy (non-hydrogen) atoms. The number of halogens is 1. The van der Waals surface area contributed by atoms with Gasteiger partial charge in [-0.15, -0.1) is 0 Å². The third-order valence-corrected chi connectivity index (χ3v) is 5.35. The number of hydrogen-bond donors (Lipinski definition) is 0. The van der Waals surface area contributed by atoms with Crippen molar-refractivity contribution in [1.82, 2.24) is 4.90 Å². The van der Waals surface area contributed by atoms with Crippen LogP contribution in [0.1, 0.15) is 25.3 Å². The Bertz CT molecular complexity index is 789. The van der Waals surface area contributed by atoms with Gasteiger partial charge in [0, 0.05) is 13.1 Å². The third-order valence-electron chi connectivity index (χ3n) is 4.47. The lowest BCUT2D eigenvalue weighted by Crippen LogP contribution is -2.42. The number of ether oxygens (including phenoxy) is 1. The summed E-state index contributed by atoms with van der Waals surface area (Å²) in [6.07, 6.45) is 3.56. The first kappa shape index (κ1) is 18.4. The fraction of sp³-hybridized carbons (Fsp3) is 0.389. The van der Waals surface area contributed by atoms with Crippen LogP contribution in [0.4, 0.5) is 14.9 Å². The summed E-state index contributed by atoms with van der Waals surface area (Å²) < 4.78 is 19.0. The summed E-state index contributed by atoms with van der Waals surface area (Å²) in [4.78, 5) is 39.1. The fourth-order valence-corrected chi connectivity index (χ4v) is 3.98. The van der Waals surface area contributed by atoms with Gasteiger partial charge in [-0.05, 0) is 55.3 Å². The minimum absolute atomic E-state index is 0.152. The number of nitrogens with zero attached hydrogens (tertiary/aromatic N) is 2. The Morgan fingerprint density at radius 3 is 2.62 bits per heavy atom. The van der Waals surface area contributed by atoms with E-state index in [9.17, 15) is 18.8 Å². The summed E-state index contributed by atoms with van der Waals surface area (Å²) in [5.41, 5.74) is 1.04. The summed E-state index contributed by atoms with van der Waals surface area (Å²) in [5.74, 6) is -1.61. The number of amides is 2. The Morgan fingerprint density at radius 2 is 2.00 bits per heavy atom. The molecule has 0 aliphatic carbocycles. The molecule has 0 saturated carbocycles. The Balaban J connectivity index is 1.82. The van der Waals surface area contributed by atoms with E-state index in [1.807, 2.05) is 4.90 Å². The van der Waals surface area contributed by atoms with Gasteiger partial charge in [-0.1, -0.05) is 6.07 Å². The summed E-state index contributed by atoms with van der Waals surface area (Å²) in [6.45, 7) is 3.09. The van der Waals surface area contributed by atoms with Crippen molar-refractivity contribution >= 4 is 40.6 Å². The number of thioether (sulfide) groups is 1. The van der Waals surface area contributed by atoms with E-state index in [1.165, 1.54) is 26.2 Å². The second-order valence-electron chi connectivity index (χ2n) is 6.16. The van der Waals surface area contributed by atoms with E-state index in [1.54, 1.807) is 12.1 Å². The number of imide groups is 1. The average Bonchev–Trinajstić information content (AvgIpc) is 3.23. The molecule has 0 radical (unpaired) electrons. The average molecular weight is 378 g/mol. The van der Waals surface area contributed by atoms with Crippen LogP contribution >= 0.6 is 11.8 Å². The maximum absolute atomic E-state index is 14.4. The van der Waals surface area contributed by atoms with Gasteiger partial charge in [-0.3, -0.25) is 14.5 Å². The van der Waals surface area contributed by atoms with Crippen molar-refractivity contribution in [3.05, 3.63) is 34.5 Å². The highest BCUT2D eigenvalue weighted by Gasteiger charge is 2.41. The highest BCUT2D eigenvalue weighted by Crippen LogP contribution is 2.34. The number of carbonyl (C=O) groups is 3. The quantitative estimate of drug-likeness (QED) is 0.593. The number of hydrogen-bond acceptors (Lipinski definition) is 6. The lowest BCUT2D eigenvalue weighted by atomic mass is 10.1. The molecule has 0 spiro atoms. The normalized spacial score (nSPS) is 20.2. The molecule has 2 aliphatic rings. The zero-order valence-electron chi connectivity index (χ0n) is 14.5. The van der Waals surface area contributed by atoms with Crippen LogP contribution in [-0.4, -0.2) is 48.3 Å². The van der Waals surface area contributed by atoms with Crippen molar-refractivity contribution in [2.24, 2.45) is 0 Å². The van der Waals surface area contributed by atoms with Gasteiger partial charge in [0.05, 0.1) is 17.7 Å². The summed E-state index contributed by atoms with van der Waals surface area (Å²) in [7, 11) is 1.19. The molecule has 1 aromatic carbocycles. The van der Waals surface area contributed by atoms with Gasteiger partial charge in [0.1, 0.15) is 11.9 Å². The smallest absolute Gasteiger partial charge is 0.328 e. The van der Waals surface area contributed by atoms with E-state index in [4.69, 9.17) is 0 Å². The summed E-state index contributed by atoms with van der Waals surface area (Å²) in [5, 5.41) is -0.548. The minimum Gasteiger partial charge on any atom is -0.467 e. The first-order valence-electron chi connectivity index (χ1n) is 8.31. The minimum atomic E-state index is -1.01. The highest BCUT2D eigenvalue weighted by atomic mass is 32.2. The predicted molar refractivity (Wildman–Crippen MR) is 97.1 cm³/mol. The van der Waals surface area contributed by atoms with Crippen LogP contribution in [0.3, 0.4) is 0 Å². The largest absolute Gasteiger partial charge is 0.467 e. The molecule has 0 bridgehead atoms. The van der Waals surface area contributed by atoms with Crippen LogP contribution in [0.15, 0.2) is 23.1 Å². The van der Waals surface area contributed by atoms with Crippen LogP contribution in [0.2, 0.25) is 0 Å². The van der Waals surface area contributed by atoms with Crippen LogP contribution in [0, 0.1) is 5.82 Å². The molecule has 2 saturated heterocycles. The highest BCUT2D eigenvalue weighted by molar-refractivity contribution is 8.18.